The van der Waals surface area contributed by atoms with Crippen LogP contribution < -0.4 is 5.32 Å². The molecular weight excluding hydrogens is 416 g/mol. The van der Waals surface area contributed by atoms with Crippen molar-refractivity contribution in [3.05, 3.63) is 90.0 Å². The minimum Gasteiger partial charge on any atom is -0.325 e. The van der Waals surface area contributed by atoms with Gasteiger partial charge < -0.3 is 5.32 Å². The first-order valence-corrected chi connectivity index (χ1v) is 11.9. The highest BCUT2D eigenvalue weighted by Gasteiger charge is 2.28. The van der Waals surface area contributed by atoms with E-state index < -0.39 is 10.0 Å². The average molecular weight is 439 g/mol. The Hall–Kier alpha value is -2.61. The Balaban J connectivity index is 1.40. The summed E-state index contributed by atoms with van der Waals surface area (Å²) in [7, 11) is -2.06. The van der Waals surface area contributed by atoms with E-state index in [0.717, 1.165) is 10.5 Å². The smallest absolute Gasteiger partial charge is 0.243 e. The van der Waals surface area contributed by atoms with E-state index in [4.69, 9.17) is 0 Å². The van der Waals surface area contributed by atoms with E-state index in [2.05, 4.69) is 5.32 Å². The summed E-state index contributed by atoms with van der Waals surface area (Å²) >= 11 is 1.56. The maximum Gasteiger partial charge on any atom is 0.243 e. The molecule has 4 rings (SSSR count). The summed E-state index contributed by atoms with van der Waals surface area (Å²) in [5.74, 6) is -0.0759. The second-order valence-corrected chi connectivity index (χ2v) is 10.5. The molecule has 3 aromatic rings. The van der Waals surface area contributed by atoms with Crippen molar-refractivity contribution in [2.24, 2.45) is 0 Å². The van der Waals surface area contributed by atoms with Crippen LogP contribution >= 0.6 is 11.8 Å². The van der Waals surface area contributed by atoms with Crippen molar-refractivity contribution in [3.8, 4) is 0 Å². The third-order valence-corrected chi connectivity index (χ3v) is 8.15. The maximum absolute atomic E-state index is 12.8. The van der Waals surface area contributed by atoms with Crippen LogP contribution in [0.4, 0.5) is 5.69 Å². The van der Waals surface area contributed by atoms with Gasteiger partial charge in [-0.05, 0) is 47.9 Å². The molecule has 1 N–H and O–H groups in total. The van der Waals surface area contributed by atoms with Crippen LogP contribution in [-0.4, -0.2) is 30.9 Å². The summed E-state index contributed by atoms with van der Waals surface area (Å²) in [5, 5.41) is 2.72. The Morgan fingerprint density at radius 1 is 1.00 bits per heavy atom. The molecule has 30 heavy (non-hydrogen) atoms. The van der Waals surface area contributed by atoms with E-state index >= 15 is 0 Å². The first-order chi connectivity index (χ1) is 14.4. The first-order valence-electron chi connectivity index (χ1n) is 9.59. The highest BCUT2D eigenvalue weighted by atomic mass is 32.2. The number of nitrogens with zero attached hydrogens (tertiary/aromatic N) is 1. The van der Waals surface area contributed by atoms with Crippen molar-refractivity contribution in [1.82, 2.24) is 4.31 Å². The van der Waals surface area contributed by atoms with Crippen LogP contribution in [0.25, 0.3) is 0 Å². The Bertz CT molecular complexity index is 1120. The molecule has 7 heteroatoms. The van der Waals surface area contributed by atoms with Gasteiger partial charge in [-0.25, -0.2) is 8.42 Å². The third kappa shape index (κ3) is 4.43. The minimum absolute atomic E-state index is 0.0759. The van der Waals surface area contributed by atoms with E-state index in [9.17, 15) is 13.2 Å². The van der Waals surface area contributed by atoms with Gasteiger partial charge in [-0.3, -0.25) is 4.79 Å². The largest absolute Gasteiger partial charge is 0.325 e. The van der Waals surface area contributed by atoms with Crippen LogP contribution in [0, 0.1) is 0 Å². The van der Waals surface area contributed by atoms with Gasteiger partial charge in [0, 0.05) is 24.2 Å². The van der Waals surface area contributed by atoms with Crippen LogP contribution in [-0.2, 0) is 27.8 Å². The number of amides is 1. The average Bonchev–Trinajstić information content (AvgIpc) is 3.19. The lowest BCUT2D eigenvalue weighted by Crippen LogP contribution is -2.26. The first kappa shape index (κ1) is 20.7. The third-order valence-electron chi connectivity index (χ3n) is 5.02. The van der Waals surface area contributed by atoms with Gasteiger partial charge in [0.25, 0.3) is 0 Å². The van der Waals surface area contributed by atoms with E-state index in [1.54, 1.807) is 30.9 Å². The van der Waals surface area contributed by atoms with Gasteiger partial charge in [0.2, 0.25) is 15.9 Å². The van der Waals surface area contributed by atoms with E-state index in [-0.39, 0.29) is 16.1 Å². The zero-order valence-corrected chi connectivity index (χ0v) is 18.1. The molecule has 1 heterocycles. The van der Waals surface area contributed by atoms with Crippen molar-refractivity contribution >= 4 is 33.4 Å². The van der Waals surface area contributed by atoms with Gasteiger partial charge in [-0.1, -0.05) is 48.5 Å². The van der Waals surface area contributed by atoms with Crippen LogP contribution in [0.15, 0.2) is 88.7 Å². The fraction of sp³-hybridized carbons (Fsp3) is 0.174. The molecule has 1 amide bonds. The zero-order chi connectivity index (χ0) is 21.1. The van der Waals surface area contributed by atoms with Gasteiger partial charge in [0.15, 0.2) is 0 Å². The van der Waals surface area contributed by atoms with Gasteiger partial charge in [0.05, 0.1) is 10.1 Å². The Kier molecular flexibility index (Phi) is 5.94. The number of rotatable bonds is 6. The number of fused-ring (bicyclic) bond motifs is 1. The van der Waals surface area contributed by atoms with E-state index in [0.29, 0.717) is 18.7 Å². The van der Waals surface area contributed by atoms with Gasteiger partial charge >= 0.3 is 0 Å². The molecule has 0 aromatic heterocycles. The molecule has 154 valence electrons. The topological polar surface area (TPSA) is 66.5 Å². The Labute approximate surface area is 181 Å². The monoisotopic (exact) mass is 438 g/mol. The molecule has 3 aromatic carbocycles. The van der Waals surface area contributed by atoms with Crippen molar-refractivity contribution in [3.63, 3.8) is 0 Å². The predicted octanol–water partition coefficient (Wildman–Crippen LogP) is 4.16. The number of benzene rings is 3. The molecule has 1 aliphatic rings. The van der Waals surface area contributed by atoms with Crippen molar-refractivity contribution in [2.45, 2.75) is 28.0 Å². The number of hydrogen-bond acceptors (Lipinski definition) is 4. The number of carbonyl (C=O) groups is 1. The number of hydrogen-bond donors (Lipinski definition) is 1. The summed E-state index contributed by atoms with van der Waals surface area (Å²) in [5.41, 5.74) is 2.69. The van der Waals surface area contributed by atoms with Gasteiger partial charge in [-0.15, -0.1) is 11.8 Å². The lowest BCUT2D eigenvalue weighted by molar-refractivity contribution is -0.115. The molecule has 0 radical (unpaired) electrons. The van der Waals surface area contributed by atoms with Gasteiger partial charge in [0.1, 0.15) is 0 Å². The molecule has 0 spiro atoms. The van der Waals surface area contributed by atoms with E-state index in [1.165, 1.54) is 22.0 Å². The Morgan fingerprint density at radius 2 is 1.67 bits per heavy atom. The summed E-state index contributed by atoms with van der Waals surface area (Å²) in [6.45, 7) is 0.293. The number of carbonyl (C=O) groups excluding carboxylic acids is 1. The molecule has 1 unspecified atom stereocenters. The Morgan fingerprint density at radius 3 is 2.37 bits per heavy atom. The number of thioether (sulfide) groups is 1. The summed E-state index contributed by atoms with van der Waals surface area (Å²) < 4.78 is 27.0. The molecule has 1 atom stereocenters. The molecule has 0 saturated carbocycles. The second-order valence-electron chi connectivity index (χ2n) is 7.18. The van der Waals surface area contributed by atoms with E-state index in [1.807, 2.05) is 54.6 Å². The number of sulfonamides is 1. The second kappa shape index (κ2) is 8.63. The molecule has 5 nitrogen and oxygen atoms in total. The maximum atomic E-state index is 12.8. The van der Waals surface area contributed by atoms with Crippen LogP contribution in [0.5, 0.6) is 0 Å². The normalized spacial score (nSPS) is 15.7. The standard InChI is InChI=1S/C23H22N2O3S2/c1-25(16-17-7-3-2-4-8-17)30(27,28)20-13-11-19(12-14-20)24-23(26)22-15-18-9-5-6-10-21(18)29-22/h2-14,22H,15-16H2,1H3,(H,24,26). The quantitative estimate of drug-likeness (QED) is 0.628. The molecule has 0 fully saturated rings. The minimum atomic E-state index is -3.62. The highest BCUT2D eigenvalue weighted by Crippen LogP contribution is 2.37. The zero-order valence-electron chi connectivity index (χ0n) is 16.5. The molecule has 0 bridgehead atoms. The van der Waals surface area contributed by atoms with Crippen molar-refractivity contribution < 1.29 is 13.2 Å². The highest BCUT2D eigenvalue weighted by molar-refractivity contribution is 8.01. The molecule has 1 aliphatic heterocycles. The SMILES string of the molecule is CN(Cc1ccccc1)S(=O)(=O)c1ccc(NC(=O)C2Cc3ccccc3S2)cc1. The number of nitrogens with one attached hydrogen (secondary N) is 1. The summed E-state index contributed by atoms with van der Waals surface area (Å²) in [4.78, 5) is 14.0. The predicted molar refractivity (Wildman–Crippen MR) is 120 cm³/mol. The molecule has 0 saturated heterocycles. The lowest BCUT2D eigenvalue weighted by atomic mass is 10.1. The summed E-state index contributed by atoms with van der Waals surface area (Å²) in [6, 6.07) is 23.8. The van der Waals surface area contributed by atoms with Crippen LogP contribution in [0.3, 0.4) is 0 Å². The van der Waals surface area contributed by atoms with Crippen molar-refractivity contribution in [1.29, 1.82) is 0 Å². The summed E-state index contributed by atoms with van der Waals surface area (Å²) in [6.07, 6.45) is 0.698. The number of anilines is 1. The van der Waals surface area contributed by atoms with Crippen LogP contribution in [0.1, 0.15) is 11.1 Å². The van der Waals surface area contributed by atoms with Gasteiger partial charge in [-0.2, -0.15) is 4.31 Å². The lowest BCUT2D eigenvalue weighted by Gasteiger charge is -2.18. The molecule has 0 aliphatic carbocycles. The molecular formula is C23H22N2O3S2. The van der Waals surface area contributed by atoms with Crippen molar-refractivity contribution in [2.75, 3.05) is 12.4 Å². The fourth-order valence-electron chi connectivity index (χ4n) is 3.37. The van der Waals surface area contributed by atoms with Crippen LogP contribution in [0.2, 0.25) is 0 Å². The fourth-order valence-corrected chi connectivity index (χ4v) is 5.72.